The minimum absolute atomic E-state index is 0.0401. The molecule has 0 bridgehead atoms. The van der Waals surface area contributed by atoms with Gasteiger partial charge in [-0.1, -0.05) is 26.0 Å². The number of amides is 2. The van der Waals surface area contributed by atoms with Crippen molar-refractivity contribution in [1.29, 1.82) is 0 Å². The molecule has 6 heteroatoms. The Morgan fingerprint density at radius 1 is 1.35 bits per heavy atom. The zero-order chi connectivity index (χ0) is 18.5. The Labute approximate surface area is 155 Å². The maximum atomic E-state index is 13.1. The van der Waals surface area contributed by atoms with Crippen molar-refractivity contribution in [2.75, 3.05) is 32.8 Å². The lowest BCUT2D eigenvalue weighted by Gasteiger charge is -2.34. The Bertz CT molecular complexity index is 589. The van der Waals surface area contributed by atoms with Crippen molar-refractivity contribution in [2.24, 2.45) is 5.92 Å². The monoisotopic (exact) mass is 363 g/mol. The van der Waals surface area contributed by atoms with Gasteiger partial charge in [-0.15, -0.1) is 0 Å². The molecule has 2 amide bonds. The molecule has 0 spiro atoms. The number of hydrogen-bond acceptors (Lipinski definition) is 3. The zero-order valence-corrected chi connectivity index (χ0v) is 15.8. The number of morpholine rings is 1. The van der Waals surface area contributed by atoms with E-state index < -0.39 is 0 Å². The third kappa shape index (κ3) is 5.68. The van der Waals surface area contributed by atoms with Gasteiger partial charge in [-0.05, 0) is 36.5 Å². The van der Waals surface area contributed by atoms with Crippen LogP contribution in [0.25, 0.3) is 0 Å². The van der Waals surface area contributed by atoms with Gasteiger partial charge in [-0.2, -0.15) is 0 Å². The first-order valence-electron chi connectivity index (χ1n) is 9.64. The smallest absolute Gasteiger partial charge is 0.318 e. The van der Waals surface area contributed by atoms with Crippen LogP contribution in [0.1, 0.15) is 32.3 Å². The Morgan fingerprint density at radius 2 is 2.08 bits per heavy atom. The predicted molar refractivity (Wildman–Crippen MR) is 99.4 cm³/mol. The molecule has 2 aliphatic rings. The molecule has 2 fully saturated rings. The number of carbonyl (C=O) groups is 1. The molecular weight excluding hydrogens is 333 g/mol. The van der Waals surface area contributed by atoms with Gasteiger partial charge in [0.05, 0.1) is 12.7 Å². The lowest BCUT2D eigenvalue weighted by atomic mass is 10.2. The number of ether oxygens (including phenoxy) is 1. The second-order valence-corrected chi connectivity index (χ2v) is 7.82. The lowest BCUT2D eigenvalue weighted by Crippen LogP contribution is -2.50. The number of halogens is 1. The molecular formula is C20H30FN3O2. The Kier molecular flexibility index (Phi) is 6.48. The molecule has 1 unspecified atom stereocenters. The quantitative estimate of drug-likeness (QED) is 0.810. The Hall–Kier alpha value is -1.66. The number of nitrogens with one attached hydrogen (secondary N) is 1. The molecule has 0 radical (unpaired) electrons. The van der Waals surface area contributed by atoms with E-state index in [0.29, 0.717) is 25.0 Å². The first-order chi connectivity index (χ1) is 12.5. The van der Waals surface area contributed by atoms with Crippen LogP contribution in [0.2, 0.25) is 0 Å². The van der Waals surface area contributed by atoms with Gasteiger partial charge in [0.25, 0.3) is 0 Å². The van der Waals surface area contributed by atoms with Crippen LogP contribution in [-0.2, 0) is 11.3 Å². The molecule has 1 saturated carbocycles. The summed E-state index contributed by atoms with van der Waals surface area (Å²) in [5.41, 5.74) is 0.950. The predicted octanol–water partition coefficient (Wildman–Crippen LogP) is 2.86. The van der Waals surface area contributed by atoms with Crippen molar-refractivity contribution in [3.05, 3.63) is 35.6 Å². The molecule has 1 aliphatic carbocycles. The van der Waals surface area contributed by atoms with Gasteiger partial charge in [0.15, 0.2) is 0 Å². The summed E-state index contributed by atoms with van der Waals surface area (Å²) in [5, 5.41) is 3.04. The van der Waals surface area contributed by atoms with Crippen molar-refractivity contribution in [1.82, 2.24) is 15.1 Å². The highest BCUT2D eigenvalue weighted by atomic mass is 19.1. The second kappa shape index (κ2) is 8.82. The summed E-state index contributed by atoms with van der Waals surface area (Å²) in [6.45, 7) is 9.08. The van der Waals surface area contributed by atoms with Crippen LogP contribution in [0, 0.1) is 11.7 Å². The minimum Gasteiger partial charge on any atom is -0.374 e. The SMILES string of the molecule is CC(C)CN1CCOC(CNC(=O)N(Cc2ccc(F)cc2)C2CC2)C1. The van der Waals surface area contributed by atoms with Gasteiger partial charge >= 0.3 is 6.03 Å². The summed E-state index contributed by atoms with van der Waals surface area (Å²) < 4.78 is 18.9. The van der Waals surface area contributed by atoms with Crippen molar-refractivity contribution < 1.29 is 13.9 Å². The van der Waals surface area contributed by atoms with Crippen LogP contribution >= 0.6 is 0 Å². The molecule has 1 aliphatic heterocycles. The van der Waals surface area contributed by atoms with E-state index >= 15 is 0 Å². The van der Waals surface area contributed by atoms with Gasteiger partial charge in [0, 0.05) is 38.8 Å². The fraction of sp³-hybridized carbons (Fsp3) is 0.650. The molecule has 3 rings (SSSR count). The first kappa shape index (κ1) is 19.1. The number of rotatable bonds is 7. The van der Waals surface area contributed by atoms with Gasteiger partial charge < -0.3 is 15.0 Å². The van der Waals surface area contributed by atoms with Crippen LogP contribution in [0.5, 0.6) is 0 Å². The third-order valence-corrected chi connectivity index (χ3v) is 4.84. The Morgan fingerprint density at radius 3 is 2.73 bits per heavy atom. The maximum Gasteiger partial charge on any atom is 0.318 e. The molecule has 1 aromatic rings. The fourth-order valence-electron chi connectivity index (χ4n) is 3.43. The van der Waals surface area contributed by atoms with Crippen LogP contribution in [0.3, 0.4) is 0 Å². The van der Waals surface area contributed by atoms with Crippen LogP contribution < -0.4 is 5.32 Å². The number of urea groups is 1. The summed E-state index contributed by atoms with van der Waals surface area (Å²) >= 11 is 0. The van der Waals surface area contributed by atoms with E-state index in [1.807, 2.05) is 4.90 Å². The molecule has 1 heterocycles. The minimum atomic E-state index is -0.253. The van der Waals surface area contributed by atoms with Gasteiger partial charge in [0.2, 0.25) is 0 Å². The maximum absolute atomic E-state index is 13.1. The van der Waals surface area contributed by atoms with Crippen molar-refractivity contribution >= 4 is 6.03 Å². The molecule has 5 nitrogen and oxygen atoms in total. The van der Waals surface area contributed by atoms with Crippen LogP contribution in [0.4, 0.5) is 9.18 Å². The Balaban J connectivity index is 1.49. The lowest BCUT2D eigenvalue weighted by molar-refractivity contribution is -0.0294. The van der Waals surface area contributed by atoms with E-state index in [9.17, 15) is 9.18 Å². The summed E-state index contributed by atoms with van der Waals surface area (Å²) in [6.07, 6.45) is 2.12. The van der Waals surface area contributed by atoms with E-state index in [2.05, 4.69) is 24.1 Å². The van der Waals surface area contributed by atoms with Gasteiger partial charge in [-0.25, -0.2) is 9.18 Å². The molecule has 144 valence electrons. The van der Waals surface area contributed by atoms with Crippen molar-refractivity contribution in [2.45, 2.75) is 45.4 Å². The van der Waals surface area contributed by atoms with E-state index in [0.717, 1.165) is 44.6 Å². The zero-order valence-electron chi connectivity index (χ0n) is 15.8. The average molecular weight is 363 g/mol. The third-order valence-electron chi connectivity index (χ3n) is 4.84. The molecule has 1 saturated heterocycles. The summed E-state index contributed by atoms with van der Waals surface area (Å²) in [6, 6.07) is 6.61. The highest BCUT2D eigenvalue weighted by Crippen LogP contribution is 2.28. The second-order valence-electron chi connectivity index (χ2n) is 7.82. The number of carbonyl (C=O) groups excluding carboxylic acids is 1. The fourth-order valence-corrected chi connectivity index (χ4v) is 3.43. The van der Waals surface area contributed by atoms with Crippen LogP contribution in [0.15, 0.2) is 24.3 Å². The summed E-state index contributed by atoms with van der Waals surface area (Å²) in [5.74, 6) is 0.376. The normalized spacial score (nSPS) is 21.0. The molecule has 1 N–H and O–H groups in total. The number of benzene rings is 1. The van der Waals surface area contributed by atoms with Crippen molar-refractivity contribution in [3.63, 3.8) is 0 Å². The van der Waals surface area contributed by atoms with Gasteiger partial charge in [0.1, 0.15) is 5.82 Å². The number of nitrogens with zero attached hydrogens (tertiary/aromatic N) is 2. The molecule has 0 aromatic heterocycles. The van der Waals surface area contributed by atoms with E-state index in [4.69, 9.17) is 4.74 Å². The number of hydrogen-bond donors (Lipinski definition) is 1. The molecule has 26 heavy (non-hydrogen) atoms. The van der Waals surface area contributed by atoms with Crippen LogP contribution in [-0.4, -0.2) is 60.8 Å². The van der Waals surface area contributed by atoms with Crippen molar-refractivity contribution in [3.8, 4) is 0 Å². The first-order valence-corrected chi connectivity index (χ1v) is 9.64. The van der Waals surface area contributed by atoms with E-state index in [1.165, 1.54) is 12.1 Å². The highest BCUT2D eigenvalue weighted by Gasteiger charge is 2.33. The standard InChI is InChI=1S/C20H30FN3O2/c1-15(2)12-23-9-10-26-19(14-23)11-22-20(25)24(18-7-8-18)13-16-3-5-17(21)6-4-16/h3-6,15,18-19H,7-14H2,1-2H3,(H,22,25). The molecule has 1 atom stereocenters. The van der Waals surface area contributed by atoms with E-state index in [-0.39, 0.29) is 18.0 Å². The largest absolute Gasteiger partial charge is 0.374 e. The van der Waals surface area contributed by atoms with E-state index in [1.54, 1.807) is 12.1 Å². The summed E-state index contributed by atoms with van der Waals surface area (Å²) in [7, 11) is 0. The van der Waals surface area contributed by atoms with Gasteiger partial charge in [-0.3, -0.25) is 4.90 Å². The summed E-state index contributed by atoms with van der Waals surface area (Å²) in [4.78, 5) is 16.9. The topological polar surface area (TPSA) is 44.8 Å². The highest BCUT2D eigenvalue weighted by molar-refractivity contribution is 5.75. The molecule has 1 aromatic carbocycles. The average Bonchev–Trinajstić information content (AvgIpc) is 3.44.